The van der Waals surface area contributed by atoms with Gasteiger partial charge in [0.05, 0.1) is 6.54 Å². The molecular formula is C16H25NO. The summed E-state index contributed by atoms with van der Waals surface area (Å²) in [4.78, 5) is 14.4. The van der Waals surface area contributed by atoms with Crippen LogP contribution in [0, 0.1) is 12.8 Å². The van der Waals surface area contributed by atoms with Crippen LogP contribution in [0.3, 0.4) is 0 Å². The number of carbonyl (C=O) groups is 1. The molecular weight excluding hydrogens is 222 g/mol. The van der Waals surface area contributed by atoms with Gasteiger partial charge in [0.1, 0.15) is 0 Å². The van der Waals surface area contributed by atoms with Gasteiger partial charge >= 0.3 is 0 Å². The number of aryl methyl sites for hydroxylation is 1. The van der Waals surface area contributed by atoms with Crippen molar-refractivity contribution in [1.29, 1.82) is 0 Å². The third-order valence-corrected chi connectivity index (χ3v) is 3.40. The van der Waals surface area contributed by atoms with Crippen LogP contribution in [0.1, 0.15) is 43.1 Å². The molecule has 0 N–H and O–H groups in total. The fourth-order valence-corrected chi connectivity index (χ4v) is 2.22. The molecule has 1 aromatic rings. The van der Waals surface area contributed by atoms with Crippen LogP contribution in [-0.4, -0.2) is 30.3 Å². The Labute approximate surface area is 111 Å². The minimum atomic E-state index is 0.214. The van der Waals surface area contributed by atoms with Gasteiger partial charge in [-0.3, -0.25) is 9.69 Å². The lowest BCUT2D eigenvalue weighted by Gasteiger charge is -2.25. The summed E-state index contributed by atoms with van der Waals surface area (Å²) in [6.45, 7) is 9.11. The highest BCUT2D eigenvalue weighted by molar-refractivity contribution is 5.98. The van der Waals surface area contributed by atoms with Crippen molar-refractivity contribution in [2.75, 3.05) is 13.6 Å². The van der Waals surface area contributed by atoms with Crippen LogP contribution in [0.15, 0.2) is 24.3 Å². The Bertz CT molecular complexity index is 398. The van der Waals surface area contributed by atoms with Crippen molar-refractivity contribution < 1.29 is 4.79 Å². The molecule has 100 valence electrons. The van der Waals surface area contributed by atoms with Gasteiger partial charge in [0.25, 0.3) is 0 Å². The van der Waals surface area contributed by atoms with Crippen LogP contribution in [-0.2, 0) is 0 Å². The molecule has 1 unspecified atom stereocenters. The number of Topliss-reactive ketones (excluding diaryl/α,β-unsaturated/α-hetero) is 1. The third-order valence-electron chi connectivity index (χ3n) is 3.40. The van der Waals surface area contributed by atoms with Crippen LogP contribution in [0.4, 0.5) is 0 Å². The minimum Gasteiger partial charge on any atom is -0.296 e. The molecule has 1 aromatic carbocycles. The maximum Gasteiger partial charge on any atom is 0.177 e. The van der Waals surface area contributed by atoms with Gasteiger partial charge in [-0.15, -0.1) is 0 Å². The molecule has 1 rings (SSSR count). The lowest BCUT2D eigenvalue weighted by molar-refractivity contribution is 0.0916. The van der Waals surface area contributed by atoms with Gasteiger partial charge in [0.2, 0.25) is 0 Å². The summed E-state index contributed by atoms with van der Waals surface area (Å²) in [5.41, 5.74) is 1.91. The molecule has 0 spiro atoms. The van der Waals surface area contributed by atoms with Gasteiger partial charge in [-0.1, -0.05) is 38.1 Å². The molecule has 0 saturated heterocycles. The molecule has 0 aliphatic heterocycles. The van der Waals surface area contributed by atoms with Crippen molar-refractivity contribution in [3.8, 4) is 0 Å². The minimum absolute atomic E-state index is 0.214. The predicted molar refractivity (Wildman–Crippen MR) is 77.1 cm³/mol. The second-order valence-corrected chi connectivity index (χ2v) is 5.63. The number of hydrogen-bond acceptors (Lipinski definition) is 2. The van der Waals surface area contributed by atoms with Gasteiger partial charge < -0.3 is 0 Å². The Morgan fingerprint density at radius 3 is 2.39 bits per heavy atom. The first-order valence-corrected chi connectivity index (χ1v) is 6.71. The molecule has 0 bridgehead atoms. The number of carbonyl (C=O) groups excluding carboxylic acids is 1. The topological polar surface area (TPSA) is 20.3 Å². The molecule has 18 heavy (non-hydrogen) atoms. The Hall–Kier alpha value is -1.15. The predicted octanol–water partition coefficient (Wildman–Crippen LogP) is 3.54. The van der Waals surface area contributed by atoms with E-state index in [0.29, 0.717) is 18.5 Å². The van der Waals surface area contributed by atoms with E-state index in [4.69, 9.17) is 0 Å². The van der Waals surface area contributed by atoms with E-state index in [9.17, 15) is 4.79 Å². The number of ketones is 1. The number of nitrogens with zero attached hydrogens (tertiary/aromatic N) is 1. The Balaban J connectivity index is 2.62. The first-order valence-electron chi connectivity index (χ1n) is 6.71. The van der Waals surface area contributed by atoms with Crippen molar-refractivity contribution in [3.63, 3.8) is 0 Å². The quantitative estimate of drug-likeness (QED) is 0.717. The van der Waals surface area contributed by atoms with Crippen LogP contribution in [0.5, 0.6) is 0 Å². The van der Waals surface area contributed by atoms with Gasteiger partial charge in [-0.2, -0.15) is 0 Å². The lowest BCUT2D eigenvalue weighted by Crippen LogP contribution is -2.35. The molecule has 1 atom stereocenters. The highest BCUT2D eigenvalue weighted by Crippen LogP contribution is 2.12. The molecule has 2 nitrogen and oxygen atoms in total. The maximum absolute atomic E-state index is 12.2. The molecule has 2 heteroatoms. The van der Waals surface area contributed by atoms with Crippen molar-refractivity contribution in [1.82, 2.24) is 4.90 Å². The zero-order valence-corrected chi connectivity index (χ0v) is 12.2. The van der Waals surface area contributed by atoms with Crippen molar-refractivity contribution in [2.45, 2.75) is 40.2 Å². The summed E-state index contributed by atoms with van der Waals surface area (Å²) in [5, 5.41) is 0. The maximum atomic E-state index is 12.2. The van der Waals surface area contributed by atoms with Gasteiger partial charge in [0.15, 0.2) is 5.78 Å². The highest BCUT2D eigenvalue weighted by Gasteiger charge is 2.16. The van der Waals surface area contributed by atoms with Gasteiger partial charge in [-0.25, -0.2) is 0 Å². The summed E-state index contributed by atoms with van der Waals surface area (Å²) in [6, 6.07) is 8.25. The van der Waals surface area contributed by atoms with E-state index in [0.717, 1.165) is 17.5 Å². The van der Waals surface area contributed by atoms with Crippen LogP contribution in [0.2, 0.25) is 0 Å². The Morgan fingerprint density at radius 2 is 1.83 bits per heavy atom. The van der Waals surface area contributed by atoms with Crippen LogP contribution in [0.25, 0.3) is 0 Å². The van der Waals surface area contributed by atoms with Crippen molar-refractivity contribution >= 4 is 5.78 Å². The second kappa shape index (κ2) is 6.69. The average Bonchev–Trinajstić information content (AvgIpc) is 2.28. The van der Waals surface area contributed by atoms with Gasteiger partial charge in [0, 0.05) is 11.6 Å². The van der Waals surface area contributed by atoms with E-state index in [2.05, 4.69) is 25.7 Å². The number of hydrogen-bond donors (Lipinski definition) is 0. The molecule has 0 saturated carbocycles. The van der Waals surface area contributed by atoms with Crippen LogP contribution < -0.4 is 0 Å². The average molecular weight is 247 g/mol. The Kier molecular flexibility index (Phi) is 5.54. The zero-order valence-electron chi connectivity index (χ0n) is 12.2. The summed E-state index contributed by atoms with van der Waals surface area (Å²) >= 11 is 0. The van der Waals surface area contributed by atoms with E-state index in [-0.39, 0.29) is 5.78 Å². The zero-order chi connectivity index (χ0) is 13.7. The van der Waals surface area contributed by atoms with Crippen molar-refractivity contribution in [2.24, 2.45) is 5.92 Å². The van der Waals surface area contributed by atoms with E-state index < -0.39 is 0 Å². The molecule has 0 aliphatic carbocycles. The van der Waals surface area contributed by atoms with Crippen LogP contribution >= 0.6 is 0 Å². The molecule has 0 heterocycles. The monoisotopic (exact) mass is 247 g/mol. The summed E-state index contributed by atoms with van der Waals surface area (Å²) in [7, 11) is 2.03. The standard InChI is InChI=1S/C16H25NO/c1-12(2)10-14(4)17(5)11-16(18)15-9-7-6-8-13(15)3/h6-9,12,14H,10-11H2,1-5H3. The largest absolute Gasteiger partial charge is 0.296 e. The third kappa shape index (κ3) is 4.26. The first-order chi connectivity index (χ1) is 8.41. The van der Waals surface area contributed by atoms with E-state index in [1.54, 1.807) is 0 Å². The number of rotatable bonds is 6. The van der Waals surface area contributed by atoms with E-state index >= 15 is 0 Å². The Morgan fingerprint density at radius 1 is 1.22 bits per heavy atom. The SMILES string of the molecule is Cc1ccccc1C(=O)CN(C)C(C)CC(C)C. The van der Waals surface area contributed by atoms with E-state index in [1.807, 2.05) is 38.2 Å². The lowest BCUT2D eigenvalue weighted by atomic mass is 10.0. The molecule has 0 amide bonds. The molecule has 0 aromatic heterocycles. The number of benzene rings is 1. The molecule has 0 radical (unpaired) electrons. The summed E-state index contributed by atoms with van der Waals surface area (Å²) < 4.78 is 0. The normalized spacial score (nSPS) is 13.1. The summed E-state index contributed by atoms with van der Waals surface area (Å²) in [5.74, 6) is 0.877. The van der Waals surface area contributed by atoms with E-state index in [1.165, 1.54) is 0 Å². The summed E-state index contributed by atoms with van der Waals surface area (Å²) in [6.07, 6.45) is 1.12. The first kappa shape index (κ1) is 14.9. The van der Waals surface area contributed by atoms with Gasteiger partial charge in [-0.05, 0) is 38.8 Å². The molecule has 0 fully saturated rings. The fourth-order valence-electron chi connectivity index (χ4n) is 2.22. The highest BCUT2D eigenvalue weighted by atomic mass is 16.1. The smallest absolute Gasteiger partial charge is 0.177 e. The number of likely N-dealkylation sites (N-methyl/N-ethyl adjacent to an activating group) is 1. The fraction of sp³-hybridized carbons (Fsp3) is 0.562. The second-order valence-electron chi connectivity index (χ2n) is 5.63. The van der Waals surface area contributed by atoms with Crippen molar-refractivity contribution in [3.05, 3.63) is 35.4 Å². The molecule has 0 aliphatic rings.